The quantitative estimate of drug-likeness (QED) is 0.631. The Bertz CT molecular complexity index is 969. The number of fused-ring (bicyclic) bond motifs is 1. The van der Waals surface area contributed by atoms with Gasteiger partial charge in [-0.3, -0.25) is 9.69 Å². The Hall–Kier alpha value is -1.78. The molecule has 0 radical (unpaired) electrons. The molecule has 0 bridgehead atoms. The van der Waals surface area contributed by atoms with E-state index in [9.17, 15) is 18.0 Å². The topological polar surface area (TPSA) is 67.5 Å². The zero-order valence-electron chi connectivity index (χ0n) is 17.8. The lowest BCUT2D eigenvalue weighted by Gasteiger charge is -2.32. The van der Waals surface area contributed by atoms with E-state index in [2.05, 4.69) is 9.97 Å². The summed E-state index contributed by atoms with van der Waals surface area (Å²) in [6.45, 7) is 2.75. The summed E-state index contributed by atoms with van der Waals surface area (Å²) in [5.41, 5.74) is -0.245. The van der Waals surface area contributed by atoms with Crippen LogP contribution < -0.4 is 10.3 Å². The number of hydrogen-bond acceptors (Lipinski definition) is 6. The molecule has 1 unspecified atom stereocenters. The fraction of sp³-hybridized carbons (Fsp3) is 0.636. The van der Waals surface area contributed by atoms with Crippen LogP contribution in [0, 0.1) is 11.7 Å². The first-order valence-corrected chi connectivity index (χ1v) is 12.1. The summed E-state index contributed by atoms with van der Waals surface area (Å²) in [4.78, 5) is 21.3. The van der Waals surface area contributed by atoms with Crippen molar-refractivity contribution in [1.82, 2.24) is 14.9 Å². The van der Waals surface area contributed by atoms with Crippen molar-refractivity contribution in [2.24, 2.45) is 5.92 Å². The van der Waals surface area contributed by atoms with E-state index in [0.717, 1.165) is 38.9 Å². The lowest BCUT2D eigenvalue weighted by molar-refractivity contribution is 0.0552. The Balaban J connectivity index is 1.42. The predicted octanol–water partition coefficient (Wildman–Crippen LogP) is 3.83. The highest BCUT2D eigenvalue weighted by molar-refractivity contribution is 7.99. The summed E-state index contributed by atoms with van der Waals surface area (Å²) in [7, 11) is 0. The van der Waals surface area contributed by atoms with Gasteiger partial charge in [0.25, 0.3) is 12.0 Å². The van der Waals surface area contributed by atoms with Crippen LogP contribution in [0.15, 0.2) is 16.9 Å². The number of hydrogen-bond donors (Lipinski definition) is 1. The molecule has 0 saturated carbocycles. The molecule has 4 rings (SSSR count). The first-order valence-electron chi connectivity index (χ1n) is 11.0. The van der Waals surface area contributed by atoms with Crippen LogP contribution in [0.1, 0.15) is 31.5 Å². The summed E-state index contributed by atoms with van der Waals surface area (Å²) in [6, 6.07) is 2.77. The number of nitrogens with one attached hydrogen (secondary N) is 1. The maximum Gasteiger partial charge on any atom is 0.261 e. The van der Waals surface area contributed by atoms with E-state index in [1.54, 1.807) is 22.7 Å². The van der Waals surface area contributed by atoms with Gasteiger partial charge in [-0.15, -0.1) is 0 Å². The number of thioether (sulfide) groups is 1. The van der Waals surface area contributed by atoms with Gasteiger partial charge >= 0.3 is 0 Å². The minimum atomic E-state index is -2.35. The second-order valence-electron chi connectivity index (χ2n) is 8.40. The van der Waals surface area contributed by atoms with Crippen LogP contribution in [0.25, 0.3) is 10.9 Å². The predicted molar refractivity (Wildman–Crippen MR) is 118 cm³/mol. The number of likely N-dealkylation sites (tertiary alicyclic amines) is 1. The lowest BCUT2D eigenvalue weighted by atomic mass is 9.99. The van der Waals surface area contributed by atoms with Gasteiger partial charge in [0, 0.05) is 43.1 Å². The van der Waals surface area contributed by atoms with Crippen LogP contribution in [0.3, 0.4) is 0 Å². The molecule has 0 spiro atoms. The molecule has 0 amide bonds. The van der Waals surface area contributed by atoms with Crippen molar-refractivity contribution >= 4 is 22.7 Å². The lowest BCUT2D eigenvalue weighted by Crippen LogP contribution is -2.40. The van der Waals surface area contributed by atoms with E-state index in [0.29, 0.717) is 42.3 Å². The number of nitrogens with zero attached hydrogens (tertiary/aromatic N) is 2. The molecular formula is C22H28F3N3O3S. The van der Waals surface area contributed by atoms with E-state index >= 15 is 0 Å². The fourth-order valence-electron chi connectivity index (χ4n) is 4.30. The minimum absolute atomic E-state index is 0.0852. The molecule has 10 heteroatoms. The average Bonchev–Trinajstić information content (AvgIpc) is 2.76. The molecule has 6 nitrogen and oxygen atoms in total. The molecule has 2 saturated heterocycles. The second-order valence-corrected chi connectivity index (χ2v) is 9.69. The Kier molecular flexibility index (Phi) is 7.96. The zero-order chi connectivity index (χ0) is 22.5. The molecule has 2 fully saturated rings. The third kappa shape index (κ3) is 6.17. The van der Waals surface area contributed by atoms with E-state index in [1.807, 2.05) is 0 Å². The van der Waals surface area contributed by atoms with Gasteiger partial charge in [0.1, 0.15) is 22.8 Å². The third-order valence-electron chi connectivity index (χ3n) is 5.89. The molecule has 1 aromatic carbocycles. The maximum absolute atomic E-state index is 14.6. The van der Waals surface area contributed by atoms with Gasteiger partial charge in [0.15, 0.2) is 0 Å². The van der Waals surface area contributed by atoms with Crippen LogP contribution in [0.2, 0.25) is 0 Å². The Labute approximate surface area is 188 Å². The summed E-state index contributed by atoms with van der Waals surface area (Å²) in [5.74, 6) is 0.746. The highest BCUT2D eigenvalue weighted by atomic mass is 32.2. The first-order chi connectivity index (χ1) is 15.5. The smallest absolute Gasteiger partial charge is 0.261 e. The average molecular weight is 472 g/mol. The van der Waals surface area contributed by atoms with Crippen molar-refractivity contribution in [3.63, 3.8) is 0 Å². The molecule has 3 heterocycles. The number of rotatable bonds is 8. The number of benzene rings is 1. The number of alkyl halides is 2. The van der Waals surface area contributed by atoms with E-state index in [-0.39, 0.29) is 23.4 Å². The largest absolute Gasteiger partial charge is 0.493 e. The highest BCUT2D eigenvalue weighted by Crippen LogP contribution is 2.26. The van der Waals surface area contributed by atoms with Gasteiger partial charge in [-0.05, 0) is 32.2 Å². The number of ether oxygens (including phenoxy) is 2. The Morgan fingerprint density at radius 2 is 2.09 bits per heavy atom. The molecule has 2 aliphatic heterocycles. The number of piperidine rings is 1. The SMILES string of the molecule is O=c1[nH]c(CSC2CCOCC2)nc2cc(OCC3CCCN(CC(F)F)C3)cc(F)c12. The van der Waals surface area contributed by atoms with Gasteiger partial charge < -0.3 is 14.5 Å². The van der Waals surface area contributed by atoms with Crippen LogP contribution in [-0.4, -0.2) is 66.0 Å². The van der Waals surface area contributed by atoms with E-state index < -0.39 is 17.8 Å². The molecule has 2 aromatic rings. The first kappa shape index (κ1) is 23.4. The van der Waals surface area contributed by atoms with Crippen LogP contribution >= 0.6 is 11.8 Å². The molecule has 1 N–H and O–H groups in total. The van der Waals surface area contributed by atoms with Gasteiger partial charge in [-0.2, -0.15) is 11.8 Å². The second kappa shape index (κ2) is 10.9. The van der Waals surface area contributed by atoms with Crippen LogP contribution in [0.4, 0.5) is 13.2 Å². The summed E-state index contributed by atoms with van der Waals surface area (Å²) in [6.07, 6.45) is 1.28. The summed E-state index contributed by atoms with van der Waals surface area (Å²) >= 11 is 1.71. The molecule has 176 valence electrons. The normalized spacial score (nSPS) is 20.8. The van der Waals surface area contributed by atoms with Crippen LogP contribution in [-0.2, 0) is 10.5 Å². The van der Waals surface area contributed by atoms with Crippen molar-refractivity contribution < 1.29 is 22.6 Å². The number of aromatic amines is 1. The van der Waals surface area contributed by atoms with Gasteiger partial charge in [0.2, 0.25) is 0 Å². The Morgan fingerprint density at radius 1 is 1.28 bits per heavy atom. The standard InChI is InChI=1S/C22H28F3N3O3S/c23-17-8-15(31-12-14-2-1-5-28(10-14)11-19(24)25)9-18-21(17)22(29)27-20(26-18)13-32-16-3-6-30-7-4-16/h8-9,14,16,19H,1-7,10-13H2,(H,26,27,29). The maximum atomic E-state index is 14.6. The van der Waals surface area contributed by atoms with Crippen molar-refractivity contribution in [3.05, 3.63) is 34.1 Å². The minimum Gasteiger partial charge on any atom is -0.493 e. The van der Waals surface area contributed by atoms with Crippen molar-refractivity contribution in [1.29, 1.82) is 0 Å². The monoisotopic (exact) mass is 471 g/mol. The van der Waals surface area contributed by atoms with Crippen molar-refractivity contribution in [2.75, 3.05) is 39.5 Å². The summed E-state index contributed by atoms with van der Waals surface area (Å²) in [5, 5.41) is 0.370. The molecule has 32 heavy (non-hydrogen) atoms. The van der Waals surface area contributed by atoms with E-state index in [1.165, 1.54) is 6.07 Å². The molecular weight excluding hydrogens is 443 g/mol. The Morgan fingerprint density at radius 3 is 2.88 bits per heavy atom. The zero-order valence-corrected chi connectivity index (χ0v) is 18.6. The third-order valence-corrected chi connectivity index (χ3v) is 7.28. The molecule has 1 atom stereocenters. The highest BCUT2D eigenvalue weighted by Gasteiger charge is 2.23. The number of H-pyrrole nitrogens is 1. The summed E-state index contributed by atoms with van der Waals surface area (Å²) < 4.78 is 51.1. The molecule has 1 aromatic heterocycles. The molecule has 2 aliphatic rings. The van der Waals surface area contributed by atoms with Gasteiger partial charge in [-0.25, -0.2) is 18.2 Å². The number of halogens is 3. The van der Waals surface area contributed by atoms with Gasteiger partial charge in [-0.1, -0.05) is 0 Å². The number of aromatic nitrogens is 2. The molecule has 0 aliphatic carbocycles. The van der Waals surface area contributed by atoms with E-state index in [4.69, 9.17) is 9.47 Å². The van der Waals surface area contributed by atoms with Crippen molar-refractivity contribution in [3.8, 4) is 5.75 Å². The van der Waals surface area contributed by atoms with Crippen LogP contribution in [0.5, 0.6) is 5.75 Å². The van der Waals surface area contributed by atoms with Gasteiger partial charge in [0.05, 0.1) is 24.4 Å². The van der Waals surface area contributed by atoms with Crippen molar-refractivity contribution in [2.45, 2.75) is 43.1 Å². The fourth-order valence-corrected chi connectivity index (χ4v) is 5.36.